The van der Waals surface area contributed by atoms with E-state index >= 15 is 0 Å². The molecule has 0 saturated carbocycles. The summed E-state index contributed by atoms with van der Waals surface area (Å²) in [6.45, 7) is 2.86. The molecule has 1 aliphatic heterocycles. The third-order valence-electron chi connectivity index (χ3n) is 5.42. The van der Waals surface area contributed by atoms with Crippen molar-refractivity contribution in [2.75, 3.05) is 37.6 Å². The molecular weight excluding hydrogens is 433 g/mol. The Bertz CT molecular complexity index is 1150. The van der Waals surface area contributed by atoms with Crippen LogP contribution < -0.4 is 15.8 Å². The van der Waals surface area contributed by atoms with Crippen molar-refractivity contribution in [2.45, 2.75) is 6.54 Å². The van der Waals surface area contributed by atoms with Gasteiger partial charge in [-0.1, -0.05) is 48.0 Å². The summed E-state index contributed by atoms with van der Waals surface area (Å²) >= 11 is 6.39. The molecule has 0 bridgehead atoms. The maximum Gasteiger partial charge on any atom is 0.292 e. The maximum atomic E-state index is 13.7. The number of hydrogen-bond donors (Lipinski definition) is 1. The summed E-state index contributed by atoms with van der Waals surface area (Å²) in [5.74, 6) is -0.493. The van der Waals surface area contributed by atoms with Crippen LogP contribution >= 0.6 is 11.6 Å². The minimum Gasteiger partial charge on any atom is -0.366 e. The molecule has 2 heterocycles. The van der Waals surface area contributed by atoms with Crippen LogP contribution in [-0.2, 0) is 11.3 Å². The molecule has 0 atom stereocenters. The van der Waals surface area contributed by atoms with Crippen LogP contribution in [0.15, 0.2) is 65.6 Å². The lowest BCUT2D eigenvalue weighted by molar-refractivity contribution is -0.122. The zero-order valence-electron chi connectivity index (χ0n) is 17.4. The minimum absolute atomic E-state index is 0.125. The number of carbonyl (C=O) groups is 1. The van der Waals surface area contributed by atoms with Crippen LogP contribution in [0.5, 0.6) is 0 Å². The van der Waals surface area contributed by atoms with Gasteiger partial charge in [0.05, 0.1) is 24.1 Å². The number of piperazine rings is 1. The lowest BCUT2D eigenvalue weighted by Crippen LogP contribution is -2.49. The van der Waals surface area contributed by atoms with Crippen molar-refractivity contribution in [2.24, 2.45) is 0 Å². The van der Waals surface area contributed by atoms with Gasteiger partial charge in [0, 0.05) is 38.3 Å². The van der Waals surface area contributed by atoms with Gasteiger partial charge in [0.25, 0.3) is 5.56 Å². The lowest BCUT2D eigenvalue weighted by Gasteiger charge is -2.35. The van der Waals surface area contributed by atoms with Gasteiger partial charge in [-0.2, -0.15) is 9.78 Å². The average Bonchev–Trinajstić information content (AvgIpc) is 2.81. The molecule has 1 aliphatic rings. The number of halogens is 2. The number of para-hydroxylation sites is 1. The number of benzene rings is 2. The van der Waals surface area contributed by atoms with Crippen LogP contribution in [0.25, 0.3) is 5.69 Å². The van der Waals surface area contributed by atoms with E-state index in [1.165, 1.54) is 10.7 Å². The van der Waals surface area contributed by atoms with Crippen LogP contribution in [0.1, 0.15) is 5.56 Å². The van der Waals surface area contributed by atoms with Gasteiger partial charge in [0.15, 0.2) is 0 Å². The van der Waals surface area contributed by atoms with E-state index in [1.807, 2.05) is 28.0 Å². The van der Waals surface area contributed by atoms with Crippen molar-refractivity contribution in [3.05, 3.63) is 87.6 Å². The smallest absolute Gasteiger partial charge is 0.292 e. The number of nitrogens with one attached hydrogen (secondary N) is 1. The van der Waals surface area contributed by atoms with Gasteiger partial charge in [0.2, 0.25) is 5.91 Å². The molecule has 0 spiro atoms. The van der Waals surface area contributed by atoms with Crippen molar-refractivity contribution < 1.29 is 9.18 Å². The van der Waals surface area contributed by atoms with Crippen molar-refractivity contribution >= 4 is 23.2 Å². The van der Waals surface area contributed by atoms with Crippen LogP contribution in [0.4, 0.5) is 10.1 Å². The van der Waals surface area contributed by atoms with Crippen molar-refractivity contribution in [3.8, 4) is 5.69 Å². The first-order valence-electron chi connectivity index (χ1n) is 10.3. The van der Waals surface area contributed by atoms with Crippen molar-refractivity contribution in [1.82, 2.24) is 20.0 Å². The van der Waals surface area contributed by atoms with Crippen LogP contribution in [0, 0.1) is 5.82 Å². The SMILES string of the molecule is O=C(CN1CCN(c2cnn(-c3ccccc3)c(=O)c2Cl)CC1)NCc1ccccc1F. The van der Waals surface area contributed by atoms with Gasteiger partial charge < -0.3 is 10.2 Å². The number of amides is 1. The molecule has 1 saturated heterocycles. The van der Waals surface area contributed by atoms with Gasteiger partial charge in [0.1, 0.15) is 10.8 Å². The molecule has 1 N–H and O–H groups in total. The fraction of sp³-hybridized carbons (Fsp3) is 0.261. The Morgan fingerprint density at radius 3 is 2.44 bits per heavy atom. The van der Waals surface area contributed by atoms with Crippen molar-refractivity contribution in [1.29, 1.82) is 0 Å². The molecule has 0 unspecified atom stereocenters. The fourth-order valence-electron chi connectivity index (χ4n) is 3.64. The molecule has 1 aromatic heterocycles. The second kappa shape index (κ2) is 9.93. The topological polar surface area (TPSA) is 70.5 Å². The fourth-order valence-corrected chi connectivity index (χ4v) is 3.89. The molecule has 9 heteroatoms. The van der Waals surface area contributed by atoms with E-state index in [4.69, 9.17) is 11.6 Å². The second-order valence-electron chi connectivity index (χ2n) is 7.53. The third kappa shape index (κ3) is 4.98. The summed E-state index contributed by atoms with van der Waals surface area (Å²) in [5, 5.41) is 7.17. The predicted molar refractivity (Wildman–Crippen MR) is 122 cm³/mol. The Labute approximate surface area is 190 Å². The number of carbonyl (C=O) groups excluding carboxylic acids is 1. The summed E-state index contributed by atoms with van der Waals surface area (Å²) in [6.07, 6.45) is 1.60. The molecule has 2 aromatic carbocycles. The summed E-state index contributed by atoms with van der Waals surface area (Å²) in [6, 6.07) is 15.5. The van der Waals surface area contributed by atoms with E-state index in [9.17, 15) is 14.0 Å². The zero-order chi connectivity index (χ0) is 22.5. The monoisotopic (exact) mass is 455 g/mol. The zero-order valence-corrected chi connectivity index (χ0v) is 18.1. The molecule has 0 radical (unpaired) electrons. The summed E-state index contributed by atoms with van der Waals surface area (Å²) in [4.78, 5) is 29.0. The van der Waals surface area contributed by atoms with E-state index in [-0.39, 0.29) is 35.4 Å². The molecular formula is C23H23ClFN5O2. The standard InChI is InChI=1S/C23H23ClFN5O2/c24-22-20(15-27-30(23(22)32)18-7-2-1-3-8-18)29-12-10-28(11-13-29)16-21(31)26-14-17-6-4-5-9-19(17)25/h1-9,15H,10-14,16H2,(H,26,31). The average molecular weight is 456 g/mol. The van der Waals surface area contributed by atoms with Crippen molar-refractivity contribution in [3.63, 3.8) is 0 Å². The number of nitrogens with zero attached hydrogens (tertiary/aromatic N) is 4. The molecule has 3 aromatic rings. The van der Waals surface area contributed by atoms with E-state index in [0.717, 1.165) is 0 Å². The molecule has 166 valence electrons. The highest BCUT2D eigenvalue weighted by atomic mass is 35.5. The largest absolute Gasteiger partial charge is 0.366 e. The number of anilines is 1. The van der Waals surface area contributed by atoms with Gasteiger partial charge in [-0.25, -0.2) is 4.39 Å². The molecule has 7 nitrogen and oxygen atoms in total. The highest BCUT2D eigenvalue weighted by Gasteiger charge is 2.22. The Kier molecular flexibility index (Phi) is 6.82. The first kappa shape index (κ1) is 22.0. The Morgan fingerprint density at radius 2 is 1.72 bits per heavy atom. The third-order valence-corrected chi connectivity index (χ3v) is 5.77. The highest BCUT2D eigenvalue weighted by molar-refractivity contribution is 6.33. The molecule has 1 amide bonds. The summed E-state index contributed by atoms with van der Waals surface area (Å²) < 4.78 is 15.0. The van der Waals surface area contributed by atoms with E-state index < -0.39 is 0 Å². The Balaban J connectivity index is 1.33. The lowest BCUT2D eigenvalue weighted by atomic mass is 10.2. The van der Waals surface area contributed by atoms with Gasteiger partial charge in [-0.3, -0.25) is 14.5 Å². The van der Waals surface area contributed by atoms with Crippen LogP contribution in [0.3, 0.4) is 0 Å². The number of rotatable bonds is 6. The second-order valence-corrected chi connectivity index (χ2v) is 7.91. The van der Waals surface area contributed by atoms with E-state index in [1.54, 1.807) is 36.5 Å². The Morgan fingerprint density at radius 1 is 1.03 bits per heavy atom. The quantitative estimate of drug-likeness (QED) is 0.618. The predicted octanol–water partition coefficient (Wildman–Crippen LogP) is 2.46. The summed E-state index contributed by atoms with van der Waals surface area (Å²) in [5.41, 5.74) is 1.33. The van der Waals surface area contributed by atoms with E-state index in [2.05, 4.69) is 10.4 Å². The maximum absolute atomic E-state index is 13.7. The number of aromatic nitrogens is 2. The molecule has 32 heavy (non-hydrogen) atoms. The minimum atomic E-state index is -0.370. The molecule has 4 rings (SSSR count). The highest BCUT2D eigenvalue weighted by Crippen LogP contribution is 2.23. The first-order chi connectivity index (χ1) is 15.5. The normalized spacial score (nSPS) is 14.4. The van der Waals surface area contributed by atoms with Gasteiger partial charge >= 0.3 is 0 Å². The van der Waals surface area contributed by atoms with Gasteiger partial charge in [-0.05, 0) is 18.2 Å². The van der Waals surface area contributed by atoms with E-state index in [0.29, 0.717) is 43.1 Å². The summed E-state index contributed by atoms with van der Waals surface area (Å²) in [7, 11) is 0. The van der Waals surface area contributed by atoms with Crippen LogP contribution in [0.2, 0.25) is 5.02 Å². The van der Waals surface area contributed by atoms with Crippen LogP contribution in [-0.4, -0.2) is 53.3 Å². The molecule has 1 fully saturated rings. The van der Waals surface area contributed by atoms with Gasteiger partial charge in [-0.15, -0.1) is 0 Å². The first-order valence-corrected chi connectivity index (χ1v) is 10.7. The molecule has 0 aliphatic carbocycles. The number of hydrogen-bond acceptors (Lipinski definition) is 5. The Hall–Kier alpha value is -3.23.